The number of hydrogen-bond acceptors (Lipinski definition) is 6. The Balaban J connectivity index is 1.73. The zero-order valence-corrected chi connectivity index (χ0v) is 12.6. The van der Waals surface area contributed by atoms with Crippen LogP contribution in [0.1, 0.15) is 11.1 Å². The van der Waals surface area contributed by atoms with Gasteiger partial charge in [0.1, 0.15) is 11.9 Å². The van der Waals surface area contributed by atoms with Gasteiger partial charge in [0.2, 0.25) is 5.95 Å². The monoisotopic (exact) mass is 320 g/mol. The van der Waals surface area contributed by atoms with Crippen LogP contribution in [0.4, 0.5) is 21.8 Å². The van der Waals surface area contributed by atoms with Gasteiger partial charge in [0, 0.05) is 12.1 Å². The quantitative estimate of drug-likeness (QED) is 0.750. The van der Waals surface area contributed by atoms with Gasteiger partial charge in [-0.25, -0.2) is 4.39 Å². The Kier molecular flexibility index (Phi) is 4.58. The molecule has 1 aromatic heterocycles. The maximum Gasteiger partial charge on any atom is 0.244 e. The van der Waals surface area contributed by atoms with Crippen molar-refractivity contribution >= 4 is 17.5 Å². The fourth-order valence-electron chi connectivity index (χ4n) is 2.08. The predicted molar refractivity (Wildman–Crippen MR) is 88.0 cm³/mol. The zero-order valence-electron chi connectivity index (χ0n) is 12.6. The topological polar surface area (TPSA) is 86.5 Å². The highest BCUT2D eigenvalue weighted by molar-refractivity contribution is 5.64. The fraction of sp³-hybridized carbons (Fsp3) is 0.0588. The summed E-state index contributed by atoms with van der Waals surface area (Å²) in [7, 11) is 0. The molecule has 2 aromatic carbocycles. The highest BCUT2D eigenvalue weighted by Crippen LogP contribution is 2.18. The largest absolute Gasteiger partial charge is 0.349 e. The molecule has 6 nitrogen and oxygen atoms in total. The molecule has 0 aliphatic heterocycles. The number of benzene rings is 2. The summed E-state index contributed by atoms with van der Waals surface area (Å²) < 4.78 is 13.6. The van der Waals surface area contributed by atoms with Crippen LogP contribution in [0.5, 0.6) is 0 Å². The van der Waals surface area contributed by atoms with Crippen molar-refractivity contribution in [2.45, 2.75) is 6.54 Å². The molecule has 0 fully saturated rings. The lowest BCUT2D eigenvalue weighted by Gasteiger charge is -2.09. The third kappa shape index (κ3) is 3.62. The fourth-order valence-corrected chi connectivity index (χ4v) is 2.08. The summed E-state index contributed by atoms with van der Waals surface area (Å²) in [5, 5.41) is 22.8. The normalized spacial score (nSPS) is 10.0. The molecule has 0 bridgehead atoms. The van der Waals surface area contributed by atoms with Crippen LogP contribution in [0.2, 0.25) is 0 Å². The summed E-state index contributed by atoms with van der Waals surface area (Å²) in [6.45, 7) is 0.243. The lowest BCUT2D eigenvalue weighted by Crippen LogP contribution is -2.07. The van der Waals surface area contributed by atoms with E-state index in [4.69, 9.17) is 5.26 Å². The Hall–Kier alpha value is -3.53. The minimum atomic E-state index is -0.296. The van der Waals surface area contributed by atoms with Gasteiger partial charge in [-0.05, 0) is 18.2 Å². The van der Waals surface area contributed by atoms with E-state index in [9.17, 15) is 4.39 Å². The number of nitrogens with zero attached hydrogens (tertiary/aromatic N) is 4. The Labute approximate surface area is 138 Å². The molecular weight excluding hydrogens is 307 g/mol. The van der Waals surface area contributed by atoms with Crippen molar-refractivity contribution in [3.63, 3.8) is 0 Å². The maximum atomic E-state index is 13.6. The lowest BCUT2D eigenvalue weighted by molar-refractivity contribution is 0.612. The van der Waals surface area contributed by atoms with Crippen molar-refractivity contribution in [3.05, 3.63) is 71.7 Å². The Morgan fingerprint density at radius 3 is 2.71 bits per heavy atom. The second-order valence-electron chi connectivity index (χ2n) is 4.89. The van der Waals surface area contributed by atoms with Gasteiger partial charge in [0.15, 0.2) is 5.82 Å². The summed E-state index contributed by atoms with van der Waals surface area (Å²) in [5.74, 6) is 0.400. The average molecular weight is 320 g/mol. The Morgan fingerprint density at radius 1 is 1.08 bits per heavy atom. The summed E-state index contributed by atoms with van der Waals surface area (Å²) in [4.78, 5) is 4.26. The number of halogens is 1. The first-order chi connectivity index (χ1) is 11.8. The summed E-state index contributed by atoms with van der Waals surface area (Å²) in [5.41, 5.74) is 1.63. The standard InChI is InChI=1S/C17H13FN6/c18-14-7-3-1-6-13(14)10-20-17-23-16(11-21-24-17)22-15-8-4-2-5-12(15)9-19/h1-8,11H,10H2,(H2,20,22,23,24). The van der Waals surface area contributed by atoms with E-state index in [1.165, 1.54) is 12.3 Å². The summed E-state index contributed by atoms with van der Waals surface area (Å²) in [6, 6.07) is 15.6. The van der Waals surface area contributed by atoms with Crippen LogP contribution in [-0.4, -0.2) is 15.2 Å². The second kappa shape index (κ2) is 7.15. The zero-order chi connectivity index (χ0) is 16.8. The molecule has 0 atom stereocenters. The van der Waals surface area contributed by atoms with Crippen molar-refractivity contribution in [2.75, 3.05) is 10.6 Å². The first-order valence-electron chi connectivity index (χ1n) is 7.19. The number of nitrogens with one attached hydrogen (secondary N) is 2. The molecule has 1 heterocycles. The van der Waals surface area contributed by atoms with Gasteiger partial charge in [-0.15, -0.1) is 5.10 Å². The number of anilines is 3. The average Bonchev–Trinajstić information content (AvgIpc) is 2.62. The second-order valence-corrected chi connectivity index (χ2v) is 4.89. The van der Waals surface area contributed by atoms with Crippen molar-refractivity contribution in [1.29, 1.82) is 5.26 Å². The SMILES string of the molecule is N#Cc1ccccc1Nc1cnnc(NCc2ccccc2F)n1. The minimum Gasteiger partial charge on any atom is -0.349 e. The summed E-state index contributed by atoms with van der Waals surface area (Å²) in [6.07, 6.45) is 1.45. The molecule has 0 saturated carbocycles. The van der Waals surface area contributed by atoms with Crippen molar-refractivity contribution in [2.24, 2.45) is 0 Å². The lowest BCUT2D eigenvalue weighted by atomic mass is 10.2. The Bertz CT molecular complexity index is 890. The van der Waals surface area contributed by atoms with Crippen LogP contribution in [0.25, 0.3) is 0 Å². The molecule has 0 aliphatic rings. The molecule has 0 amide bonds. The predicted octanol–water partition coefficient (Wildman–Crippen LogP) is 3.24. The molecule has 3 rings (SSSR count). The smallest absolute Gasteiger partial charge is 0.244 e. The molecule has 118 valence electrons. The van der Waals surface area contributed by atoms with Crippen molar-refractivity contribution in [1.82, 2.24) is 15.2 Å². The van der Waals surface area contributed by atoms with E-state index in [1.54, 1.807) is 36.4 Å². The molecule has 2 N–H and O–H groups in total. The first-order valence-corrected chi connectivity index (χ1v) is 7.19. The summed E-state index contributed by atoms with van der Waals surface area (Å²) >= 11 is 0. The van der Waals surface area contributed by atoms with Crippen molar-refractivity contribution in [3.8, 4) is 6.07 Å². The van der Waals surface area contributed by atoms with Crippen LogP contribution in [-0.2, 0) is 6.54 Å². The molecule has 0 saturated heterocycles. The minimum absolute atomic E-state index is 0.243. The molecule has 0 radical (unpaired) electrons. The van der Waals surface area contributed by atoms with E-state index in [1.807, 2.05) is 6.07 Å². The van der Waals surface area contributed by atoms with Gasteiger partial charge in [-0.1, -0.05) is 30.3 Å². The van der Waals surface area contributed by atoms with Gasteiger partial charge in [-0.2, -0.15) is 15.3 Å². The van der Waals surface area contributed by atoms with Gasteiger partial charge >= 0.3 is 0 Å². The van der Waals surface area contributed by atoms with Gasteiger partial charge in [-0.3, -0.25) is 0 Å². The molecule has 0 unspecified atom stereocenters. The van der Waals surface area contributed by atoms with Crippen LogP contribution >= 0.6 is 0 Å². The van der Waals surface area contributed by atoms with E-state index in [0.29, 0.717) is 22.6 Å². The van der Waals surface area contributed by atoms with E-state index in [-0.39, 0.29) is 18.3 Å². The van der Waals surface area contributed by atoms with E-state index in [0.717, 1.165) is 0 Å². The molecule has 7 heteroatoms. The third-order valence-electron chi connectivity index (χ3n) is 3.26. The van der Waals surface area contributed by atoms with Crippen LogP contribution in [0, 0.1) is 17.1 Å². The molecule has 0 aliphatic carbocycles. The van der Waals surface area contributed by atoms with Gasteiger partial charge in [0.05, 0.1) is 17.4 Å². The number of aromatic nitrogens is 3. The third-order valence-corrected chi connectivity index (χ3v) is 3.26. The maximum absolute atomic E-state index is 13.6. The van der Waals surface area contributed by atoms with Crippen LogP contribution in [0.3, 0.4) is 0 Å². The van der Waals surface area contributed by atoms with Crippen LogP contribution in [0.15, 0.2) is 54.7 Å². The number of nitriles is 1. The van der Waals surface area contributed by atoms with Crippen LogP contribution < -0.4 is 10.6 Å². The van der Waals surface area contributed by atoms with Gasteiger partial charge in [0.25, 0.3) is 0 Å². The number of para-hydroxylation sites is 1. The molecule has 0 spiro atoms. The number of hydrogen-bond donors (Lipinski definition) is 2. The highest BCUT2D eigenvalue weighted by atomic mass is 19.1. The Morgan fingerprint density at radius 2 is 1.88 bits per heavy atom. The van der Waals surface area contributed by atoms with E-state index >= 15 is 0 Å². The first kappa shape index (κ1) is 15.4. The highest BCUT2D eigenvalue weighted by Gasteiger charge is 2.06. The van der Waals surface area contributed by atoms with Gasteiger partial charge < -0.3 is 10.6 Å². The molecule has 3 aromatic rings. The van der Waals surface area contributed by atoms with E-state index < -0.39 is 0 Å². The van der Waals surface area contributed by atoms with Crippen molar-refractivity contribution < 1.29 is 4.39 Å². The molecule has 24 heavy (non-hydrogen) atoms. The molecular formula is C17H13FN6. The van der Waals surface area contributed by atoms with E-state index in [2.05, 4.69) is 31.9 Å². The number of rotatable bonds is 5.